The Bertz CT molecular complexity index is 749. The largest absolute Gasteiger partial charge is 0.328 e. The summed E-state index contributed by atoms with van der Waals surface area (Å²) in [5, 5.41) is 0. The molecule has 3 aromatic rings. The van der Waals surface area contributed by atoms with Gasteiger partial charge in [0.1, 0.15) is 11.3 Å². The molecule has 0 fully saturated rings. The molecule has 0 unspecified atom stereocenters. The fourth-order valence-corrected chi connectivity index (χ4v) is 2.85. The van der Waals surface area contributed by atoms with E-state index in [1.54, 1.807) is 0 Å². The lowest BCUT2D eigenvalue weighted by Gasteiger charge is -2.10. The first-order valence-corrected chi connectivity index (χ1v) is 7.72. The number of nitrogens with zero attached hydrogens (tertiary/aromatic N) is 3. The molecule has 108 valence electrons. The fourth-order valence-electron chi connectivity index (χ4n) is 2.68. The molecule has 2 aromatic heterocycles. The van der Waals surface area contributed by atoms with Crippen molar-refractivity contribution in [2.75, 3.05) is 5.88 Å². The van der Waals surface area contributed by atoms with E-state index in [1.807, 2.05) is 18.5 Å². The Labute approximate surface area is 129 Å². The van der Waals surface area contributed by atoms with Crippen molar-refractivity contribution in [2.24, 2.45) is 0 Å². The Morgan fingerprint density at radius 3 is 2.81 bits per heavy atom. The summed E-state index contributed by atoms with van der Waals surface area (Å²) in [5.41, 5.74) is 4.80. The number of halogens is 1. The van der Waals surface area contributed by atoms with Crippen molar-refractivity contribution in [3.05, 3.63) is 59.7 Å². The van der Waals surface area contributed by atoms with Gasteiger partial charge in [0.25, 0.3) is 0 Å². The van der Waals surface area contributed by atoms with E-state index in [0.29, 0.717) is 5.88 Å². The first-order valence-electron chi connectivity index (χ1n) is 7.19. The molecular formula is C17H18ClN3. The first kappa shape index (κ1) is 14.1. The summed E-state index contributed by atoms with van der Waals surface area (Å²) in [4.78, 5) is 8.80. The number of pyridine rings is 1. The summed E-state index contributed by atoms with van der Waals surface area (Å²) in [6.45, 7) is 3.07. The van der Waals surface area contributed by atoms with Crippen LogP contribution in [0.1, 0.15) is 17.0 Å². The Hall–Kier alpha value is -1.87. The summed E-state index contributed by atoms with van der Waals surface area (Å²) in [5.74, 6) is 1.63. The van der Waals surface area contributed by atoms with Crippen LogP contribution in [0.2, 0.25) is 0 Å². The van der Waals surface area contributed by atoms with Crippen molar-refractivity contribution < 1.29 is 0 Å². The third kappa shape index (κ3) is 2.93. The van der Waals surface area contributed by atoms with Crippen LogP contribution in [0.5, 0.6) is 0 Å². The number of benzene rings is 1. The van der Waals surface area contributed by atoms with Crippen molar-refractivity contribution in [1.29, 1.82) is 0 Å². The molecule has 21 heavy (non-hydrogen) atoms. The van der Waals surface area contributed by atoms with E-state index in [9.17, 15) is 0 Å². The van der Waals surface area contributed by atoms with Gasteiger partial charge in [0.15, 0.2) is 0 Å². The molecule has 0 radical (unpaired) electrons. The van der Waals surface area contributed by atoms with Crippen molar-refractivity contribution in [2.45, 2.75) is 26.3 Å². The van der Waals surface area contributed by atoms with E-state index >= 15 is 0 Å². The van der Waals surface area contributed by atoms with Crippen LogP contribution in [0, 0.1) is 6.92 Å². The maximum absolute atomic E-state index is 5.91. The predicted molar refractivity (Wildman–Crippen MR) is 86.8 cm³/mol. The SMILES string of the molecule is Cc1ccccc1CCn1c(CCCl)nc2cnccc21. The first-order chi connectivity index (χ1) is 10.3. The highest BCUT2D eigenvalue weighted by molar-refractivity contribution is 6.17. The van der Waals surface area contributed by atoms with Gasteiger partial charge in [-0.05, 0) is 30.5 Å². The molecule has 0 amide bonds. The van der Waals surface area contributed by atoms with E-state index in [1.165, 1.54) is 11.1 Å². The molecule has 0 aliphatic heterocycles. The van der Waals surface area contributed by atoms with Gasteiger partial charge in [0.2, 0.25) is 0 Å². The lowest BCUT2D eigenvalue weighted by Crippen LogP contribution is -2.07. The molecule has 0 saturated carbocycles. The third-order valence-corrected chi connectivity index (χ3v) is 4.00. The number of imidazole rings is 1. The summed E-state index contributed by atoms with van der Waals surface area (Å²) in [7, 11) is 0. The van der Waals surface area contributed by atoms with Gasteiger partial charge in [-0.1, -0.05) is 24.3 Å². The number of hydrogen-bond acceptors (Lipinski definition) is 2. The highest BCUT2D eigenvalue weighted by atomic mass is 35.5. The van der Waals surface area contributed by atoms with Gasteiger partial charge in [0.05, 0.1) is 11.7 Å². The summed E-state index contributed by atoms with van der Waals surface area (Å²) >= 11 is 5.91. The second-order valence-corrected chi connectivity index (χ2v) is 5.54. The Morgan fingerprint density at radius 2 is 2.00 bits per heavy atom. The predicted octanol–water partition coefficient (Wildman–Crippen LogP) is 3.76. The normalized spacial score (nSPS) is 11.1. The molecular weight excluding hydrogens is 282 g/mol. The van der Waals surface area contributed by atoms with Crippen LogP contribution in [0.4, 0.5) is 0 Å². The quantitative estimate of drug-likeness (QED) is 0.672. The van der Waals surface area contributed by atoms with Crippen LogP contribution in [0.25, 0.3) is 11.0 Å². The van der Waals surface area contributed by atoms with Gasteiger partial charge in [-0.25, -0.2) is 4.98 Å². The van der Waals surface area contributed by atoms with Crippen molar-refractivity contribution in [1.82, 2.24) is 14.5 Å². The van der Waals surface area contributed by atoms with Crippen molar-refractivity contribution in [3.8, 4) is 0 Å². The molecule has 3 rings (SSSR count). The number of rotatable bonds is 5. The third-order valence-electron chi connectivity index (χ3n) is 3.81. The zero-order valence-corrected chi connectivity index (χ0v) is 12.8. The molecule has 3 nitrogen and oxygen atoms in total. The summed E-state index contributed by atoms with van der Waals surface area (Å²) < 4.78 is 2.27. The van der Waals surface area contributed by atoms with Crippen LogP contribution >= 0.6 is 11.6 Å². The van der Waals surface area contributed by atoms with Crippen LogP contribution < -0.4 is 0 Å². The van der Waals surface area contributed by atoms with Crippen LogP contribution in [0.3, 0.4) is 0 Å². The minimum atomic E-state index is 0.584. The summed E-state index contributed by atoms with van der Waals surface area (Å²) in [6, 6.07) is 10.5. The van der Waals surface area contributed by atoms with E-state index in [-0.39, 0.29) is 0 Å². The minimum absolute atomic E-state index is 0.584. The molecule has 0 spiro atoms. The minimum Gasteiger partial charge on any atom is -0.328 e. The monoisotopic (exact) mass is 299 g/mol. The fraction of sp³-hybridized carbons (Fsp3) is 0.294. The van der Waals surface area contributed by atoms with Gasteiger partial charge in [-0.15, -0.1) is 11.6 Å². The van der Waals surface area contributed by atoms with Crippen LogP contribution in [0.15, 0.2) is 42.7 Å². The second kappa shape index (κ2) is 6.27. The lowest BCUT2D eigenvalue weighted by molar-refractivity contribution is 0.673. The highest BCUT2D eigenvalue weighted by Crippen LogP contribution is 2.17. The average Bonchev–Trinajstić information content (AvgIpc) is 2.84. The van der Waals surface area contributed by atoms with Gasteiger partial charge in [-0.2, -0.15) is 0 Å². The maximum atomic E-state index is 5.91. The maximum Gasteiger partial charge on any atom is 0.111 e. The molecule has 4 heteroatoms. The Balaban J connectivity index is 1.92. The molecule has 0 aliphatic rings. The van der Waals surface area contributed by atoms with Gasteiger partial charge in [-0.3, -0.25) is 4.98 Å². The molecule has 0 aliphatic carbocycles. The molecule has 1 aromatic carbocycles. The number of aryl methyl sites for hydroxylation is 4. The van der Waals surface area contributed by atoms with Crippen LogP contribution in [-0.4, -0.2) is 20.4 Å². The zero-order valence-electron chi connectivity index (χ0n) is 12.1. The van der Waals surface area contributed by atoms with E-state index < -0.39 is 0 Å². The molecule has 0 atom stereocenters. The standard InChI is InChI=1S/C17H18ClN3/c1-13-4-2-3-5-14(13)8-11-21-16-7-10-19-12-15(16)20-17(21)6-9-18/h2-5,7,10,12H,6,8-9,11H2,1H3. The van der Waals surface area contributed by atoms with E-state index in [2.05, 4.69) is 45.7 Å². The lowest BCUT2D eigenvalue weighted by atomic mass is 10.1. The van der Waals surface area contributed by atoms with Crippen LogP contribution in [-0.2, 0) is 19.4 Å². The molecule has 0 saturated heterocycles. The Morgan fingerprint density at radius 1 is 1.14 bits per heavy atom. The summed E-state index contributed by atoms with van der Waals surface area (Å²) in [6.07, 6.45) is 5.41. The molecule has 0 N–H and O–H groups in total. The van der Waals surface area contributed by atoms with Gasteiger partial charge < -0.3 is 4.57 Å². The topological polar surface area (TPSA) is 30.7 Å². The Kier molecular flexibility index (Phi) is 4.20. The van der Waals surface area contributed by atoms with Gasteiger partial charge in [0, 0.05) is 25.0 Å². The number of fused-ring (bicyclic) bond motifs is 1. The highest BCUT2D eigenvalue weighted by Gasteiger charge is 2.10. The molecule has 0 bridgehead atoms. The van der Waals surface area contributed by atoms with Crippen molar-refractivity contribution >= 4 is 22.6 Å². The zero-order chi connectivity index (χ0) is 14.7. The van der Waals surface area contributed by atoms with E-state index in [4.69, 9.17) is 11.6 Å². The second-order valence-electron chi connectivity index (χ2n) is 5.16. The number of alkyl halides is 1. The van der Waals surface area contributed by atoms with E-state index in [0.717, 1.165) is 36.2 Å². The number of aromatic nitrogens is 3. The van der Waals surface area contributed by atoms with Crippen molar-refractivity contribution in [3.63, 3.8) is 0 Å². The van der Waals surface area contributed by atoms with Gasteiger partial charge >= 0.3 is 0 Å². The number of hydrogen-bond donors (Lipinski definition) is 0. The average molecular weight is 300 g/mol. The smallest absolute Gasteiger partial charge is 0.111 e. The molecule has 2 heterocycles.